The van der Waals surface area contributed by atoms with Crippen molar-refractivity contribution < 1.29 is 28.7 Å². The fourth-order valence-corrected chi connectivity index (χ4v) is 8.05. The summed E-state index contributed by atoms with van der Waals surface area (Å²) < 4.78 is 5.66. The summed E-state index contributed by atoms with van der Waals surface area (Å²) in [6.07, 6.45) is 6.22. The monoisotopic (exact) mass is 747 g/mol. The molecule has 6 atom stereocenters. The number of halogens is 2. The second-order valence-electron chi connectivity index (χ2n) is 16.5. The third kappa shape index (κ3) is 10.5. The molecule has 0 aromatic heterocycles. The highest BCUT2D eigenvalue weighted by molar-refractivity contribution is 6.44. The fourth-order valence-electron chi connectivity index (χ4n) is 7.56. The van der Waals surface area contributed by atoms with E-state index in [1.54, 1.807) is 26.8 Å². The van der Waals surface area contributed by atoms with E-state index >= 15 is 0 Å². The molecule has 11 nitrogen and oxygen atoms in total. The Morgan fingerprint density at radius 3 is 2.08 bits per heavy atom. The minimum Gasteiger partial charge on any atom is -0.458 e. The lowest BCUT2D eigenvalue weighted by Gasteiger charge is -2.36. The highest BCUT2D eigenvalue weighted by Gasteiger charge is 2.49. The quantitative estimate of drug-likeness (QED) is 0.0947. The molecule has 1 unspecified atom stereocenters. The number of carbonyl (C=O) groups is 5. The first kappa shape index (κ1) is 40.6. The number of urea groups is 1. The largest absolute Gasteiger partial charge is 0.458 e. The minimum absolute atomic E-state index is 0.0432. The molecule has 1 saturated heterocycles. The summed E-state index contributed by atoms with van der Waals surface area (Å²) in [6.45, 7) is 15.4. The first-order chi connectivity index (χ1) is 23.8. The van der Waals surface area contributed by atoms with Crippen LogP contribution in [0.4, 0.5) is 4.79 Å². The molecule has 4 amide bonds. The number of nitrogens with two attached hydrogens (primary N) is 1. The van der Waals surface area contributed by atoms with E-state index in [2.05, 4.69) is 34.7 Å². The Balaban J connectivity index is 1.63. The zero-order chi connectivity index (χ0) is 37.8. The van der Waals surface area contributed by atoms with Crippen molar-refractivity contribution >= 4 is 52.8 Å². The van der Waals surface area contributed by atoms with Crippen LogP contribution in [-0.2, 0) is 36.8 Å². The minimum atomic E-state index is -1.10. The molecule has 2 aliphatic carbocycles. The molecule has 3 aliphatic rings. The van der Waals surface area contributed by atoms with Gasteiger partial charge in [0.2, 0.25) is 11.7 Å². The Morgan fingerprint density at radius 1 is 1.00 bits per heavy atom. The molecular formula is C38H55Cl2N5O6. The van der Waals surface area contributed by atoms with Crippen LogP contribution in [0.2, 0.25) is 0 Å². The number of ether oxygens (including phenoxy) is 1. The van der Waals surface area contributed by atoms with Crippen molar-refractivity contribution in [1.29, 1.82) is 0 Å². The Kier molecular flexibility index (Phi) is 13.3. The number of ketones is 1. The summed E-state index contributed by atoms with van der Waals surface area (Å²) >= 11 is 13.0. The van der Waals surface area contributed by atoms with Crippen molar-refractivity contribution in [3.63, 3.8) is 0 Å². The van der Waals surface area contributed by atoms with Crippen molar-refractivity contribution in [2.24, 2.45) is 34.8 Å². The van der Waals surface area contributed by atoms with E-state index in [-0.39, 0.29) is 24.3 Å². The van der Waals surface area contributed by atoms with Crippen LogP contribution in [-0.4, -0.2) is 82.2 Å². The van der Waals surface area contributed by atoms with Gasteiger partial charge >= 0.3 is 12.0 Å². The molecule has 2 fully saturated rings. The number of rotatable bonds is 14. The number of carbonyl (C=O) groups excluding carboxylic acids is 5. The molecule has 0 spiro atoms. The number of esters is 1. The predicted octanol–water partition coefficient (Wildman–Crippen LogP) is 4.46. The molecule has 51 heavy (non-hydrogen) atoms. The number of primary amides is 1. The van der Waals surface area contributed by atoms with E-state index in [1.165, 1.54) is 11.1 Å². The Bertz CT molecular complexity index is 1440. The number of nitrogens with zero attached hydrogens (tertiary/aromatic N) is 1. The molecule has 5 N–H and O–H groups in total. The van der Waals surface area contributed by atoms with E-state index < -0.39 is 75.5 Å². The molecular weight excluding hydrogens is 693 g/mol. The Morgan fingerprint density at radius 2 is 1.61 bits per heavy atom. The van der Waals surface area contributed by atoms with Crippen molar-refractivity contribution in [3.05, 3.63) is 48.0 Å². The molecule has 282 valence electrons. The van der Waals surface area contributed by atoms with Crippen molar-refractivity contribution in [1.82, 2.24) is 20.9 Å². The molecule has 1 saturated carbocycles. The highest BCUT2D eigenvalue weighted by Crippen LogP contribution is 2.39. The average Bonchev–Trinajstić information content (AvgIpc) is 3.60. The second kappa shape index (κ2) is 16.7. The number of hydrogen-bond donors (Lipinski definition) is 4. The maximum Gasteiger partial charge on any atom is 0.329 e. The van der Waals surface area contributed by atoms with Crippen molar-refractivity contribution in [2.45, 2.75) is 115 Å². The van der Waals surface area contributed by atoms with Crippen LogP contribution in [0.1, 0.15) is 78.4 Å². The van der Waals surface area contributed by atoms with E-state index in [4.69, 9.17) is 33.7 Å². The standard InChI is InChI=1S/C38H55Cl2N5O6/c1-8-25-26(32(39)40)19-45(29(25)34(48)42-27(30(46)33(41)47)16-21-12-11-13-21)20-28(24-17-22-14-9-10-15-23(22)18-24)43-36(50)44-31(37(2,3)4)35(49)51-38(5,6)7/h8-10,14-15,21,24-29,31-32H,1,11-13,16-20H2,2-7H3,(H2,41,47)(H,42,48)(H2,43,44,50)/t25-,26-,27?,28+,29-,31+/m0/s1. The summed E-state index contributed by atoms with van der Waals surface area (Å²) in [5, 5.41) is 8.88. The van der Waals surface area contributed by atoms with Crippen LogP contribution in [0.25, 0.3) is 0 Å². The first-order valence-corrected chi connectivity index (χ1v) is 18.8. The summed E-state index contributed by atoms with van der Waals surface area (Å²) in [5.41, 5.74) is 6.35. The lowest BCUT2D eigenvalue weighted by molar-refractivity contribution is -0.160. The lowest BCUT2D eigenvalue weighted by Crippen LogP contribution is -2.59. The van der Waals surface area contributed by atoms with Gasteiger partial charge < -0.3 is 26.4 Å². The molecule has 0 bridgehead atoms. The number of Topliss-reactive ketones (excluding diaryl/α,β-unsaturated/α-hetero) is 1. The summed E-state index contributed by atoms with van der Waals surface area (Å²) in [5.74, 6) is -3.65. The SMILES string of the molecule is C=C[C@H]1[C@@H](C(Cl)Cl)CN(C[C@@H](NC(=O)N[C@H](C(=O)OC(C)(C)C)C(C)(C)C)C2Cc3ccccc3C2)[C@@H]1C(=O)NC(CC1CCC1)C(=O)C(N)=O. The van der Waals surface area contributed by atoms with Gasteiger partial charge in [0.1, 0.15) is 16.5 Å². The number of nitrogens with one attached hydrogen (secondary N) is 3. The van der Waals surface area contributed by atoms with Gasteiger partial charge in [-0.2, -0.15) is 0 Å². The van der Waals surface area contributed by atoms with Gasteiger partial charge in [0, 0.05) is 31.0 Å². The number of alkyl halides is 2. The number of fused-ring (bicyclic) bond motifs is 1. The van der Waals surface area contributed by atoms with Crippen molar-refractivity contribution in [3.8, 4) is 0 Å². The van der Waals surface area contributed by atoms with Crippen LogP contribution in [0, 0.1) is 29.1 Å². The molecule has 1 aromatic carbocycles. The molecule has 1 heterocycles. The number of amides is 4. The molecule has 13 heteroatoms. The summed E-state index contributed by atoms with van der Waals surface area (Å²) in [4.78, 5) is 67.3. The number of benzene rings is 1. The maximum absolute atomic E-state index is 14.2. The van der Waals surface area contributed by atoms with Crippen LogP contribution in [0.15, 0.2) is 36.9 Å². The topological polar surface area (TPSA) is 160 Å². The zero-order valence-corrected chi connectivity index (χ0v) is 32.2. The van der Waals surface area contributed by atoms with Gasteiger partial charge in [-0.3, -0.25) is 19.3 Å². The van der Waals surface area contributed by atoms with Crippen LogP contribution < -0.4 is 21.7 Å². The van der Waals surface area contributed by atoms with Gasteiger partial charge in [-0.1, -0.05) is 70.4 Å². The van der Waals surface area contributed by atoms with Gasteiger partial charge in [0.05, 0.1) is 12.1 Å². The normalized spacial score (nSPS) is 23.0. The van der Waals surface area contributed by atoms with E-state index in [1.807, 2.05) is 37.8 Å². The third-order valence-corrected chi connectivity index (χ3v) is 11.1. The maximum atomic E-state index is 14.2. The van der Waals surface area contributed by atoms with E-state index in [0.29, 0.717) is 25.8 Å². The van der Waals surface area contributed by atoms with Gasteiger partial charge in [-0.05, 0) is 68.4 Å². The number of hydrogen-bond acceptors (Lipinski definition) is 7. The van der Waals surface area contributed by atoms with Crippen LogP contribution >= 0.6 is 23.2 Å². The van der Waals surface area contributed by atoms with Crippen molar-refractivity contribution in [2.75, 3.05) is 13.1 Å². The summed E-state index contributed by atoms with van der Waals surface area (Å²) in [7, 11) is 0. The zero-order valence-electron chi connectivity index (χ0n) is 30.7. The van der Waals surface area contributed by atoms with Gasteiger partial charge in [0.25, 0.3) is 5.91 Å². The van der Waals surface area contributed by atoms with Crippen LogP contribution in [0.3, 0.4) is 0 Å². The highest BCUT2D eigenvalue weighted by atomic mass is 35.5. The smallest absolute Gasteiger partial charge is 0.329 e. The molecule has 4 rings (SSSR count). The third-order valence-electron chi connectivity index (χ3n) is 10.4. The Labute approximate surface area is 312 Å². The Hall–Kier alpha value is -3.15. The van der Waals surface area contributed by atoms with Gasteiger partial charge in [-0.15, -0.1) is 29.8 Å². The second-order valence-corrected chi connectivity index (χ2v) is 17.7. The first-order valence-electron chi connectivity index (χ1n) is 17.9. The van der Waals surface area contributed by atoms with Gasteiger partial charge in [0.15, 0.2) is 0 Å². The summed E-state index contributed by atoms with van der Waals surface area (Å²) in [6, 6.07) is 4.24. The molecule has 1 aliphatic heterocycles. The predicted molar refractivity (Wildman–Crippen MR) is 198 cm³/mol. The van der Waals surface area contributed by atoms with Gasteiger partial charge in [-0.25, -0.2) is 9.59 Å². The fraction of sp³-hybridized carbons (Fsp3) is 0.658. The molecule has 1 aromatic rings. The van der Waals surface area contributed by atoms with E-state index in [0.717, 1.165) is 19.3 Å². The average molecular weight is 749 g/mol. The van der Waals surface area contributed by atoms with E-state index in [9.17, 15) is 24.0 Å². The molecule has 0 radical (unpaired) electrons. The van der Waals surface area contributed by atoms with Crippen LogP contribution in [0.5, 0.6) is 0 Å². The lowest BCUT2D eigenvalue weighted by atomic mass is 9.80. The number of likely N-dealkylation sites (tertiary alicyclic amines) is 1.